The number of carbonyl (C=O) groups is 1. The van der Waals surface area contributed by atoms with Crippen LogP contribution in [0.2, 0.25) is 0 Å². The van der Waals surface area contributed by atoms with Gasteiger partial charge >= 0.3 is 0 Å². The van der Waals surface area contributed by atoms with Crippen molar-refractivity contribution in [3.05, 3.63) is 0 Å². The highest BCUT2D eigenvalue weighted by molar-refractivity contribution is 5.88. The highest BCUT2D eigenvalue weighted by atomic mass is 16.3. The molecule has 0 aromatic rings. The number of aliphatic hydroxyl groups is 2. The molecule has 4 fully saturated rings. The monoisotopic (exact) mass is 306 g/mol. The van der Waals surface area contributed by atoms with Gasteiger partial charge in [0.05, 0.1) is 17.1 Å². The number of ketones is 1. The van der Waals surface area contributed by atoms with Crippen molar-refractivity contribution in [3.63, 3.8) is 0 Å². The molecule has 22 heavy (non-hydrogen) atoms. The van der Waals surface area contributed by atoms with E-state index in [1.807, 2.05) is 6.92 Å². The molecule has 124 valence electrons. The van der Waals surface area contributed by atoms with E-state index < -0.39 is 11.0 Å². The van der Waals surface area contributed by atoms with E-state index in [0.29, 0.717) is 30.5 Å². The third-order valence-electron chi connectivity index (χ3n) is 8.54. The highest BCUT2D eigenvalue weighted by Crippen LogP contribution is 2.66. The first-order chi connectivity index (χ1) is 10.3. The second-order valence-electron chi connectivity index (χ2n) is 9.14. The lowest BCUT2D eigenvalue weighted by Gasteiger charge is -2.62. The second-order valence-corrected chi connectivity index (χ2v) is 9.14. The van der Waals surface area contributed by atoms with Gasteiger partial charge in [0.15, 0.2) is 0 Å². The van der Waals surface area contributed by atoms with E-state index in [1.54, 1.807) is 0 Å². The fourth-order valence-corrected chi connectivity index (χ4v) is 6.97. The van der Waals surface area contributed by atoms with Crippen molar-refractivity contribution in [2.45, 2.75) is 83.3 Å². The predicted octanol–water partition coefficient (Wildman–Crippen LogP) is 3.07. The van der Waals surface area contributed by atoms with Gasteiger partial charge in [-0.2, -0.15) is 0 Å². The molecule has 0 heterocycles. The van der Waals surface area contributed by atoms with Crippen LogP contribution in [0.5, 0.6) is 0 Å². The van der Waals surface area contributed by atoms with E-state index >= 15 is 0 Å². The van der Waals surface area contributed by atoms with Crippen LogP contribution < -0.4 is 0 Å². The third-order valence-corrected chi connectivity index (χ3v) is 8.54. The molecule has 3 heteroatoms. The summed E-state index contributed by atoms with van der Waals surface area (Å²) in [5, 5.41) is 21.6. The first-order valence-corrected chi connectivity index (χ1v) is 9.25. The van der Waals surface area contributed by atoms with E-state index in [0.717, 1.165) is 44.9 Å². The van der Waals surface area contributed by atoms with Crippen LogP contribution in [0.25, 0.3) is 0 Å². The van der Waals surface area contributed by atoms with Crippen molar-refractivity contribution in [1.82, 2.24) is 0 Å². The van der Waals surface area contributed by atoms with Gasteiger partial charge in [-0.05, 0) is 81.5 Å². The number of Topliss-reactive ketones (excluding diaryl/α,β-unsaturated/α-hetero) is 1. The minimum absolute atomic E-state index is 0.125. The average Bonchev–Trinajstić information content (AvgIpc) is 2.72. The van der Waals surface area contributed by atoms with Gasteiger partial charge in [0.2, 0.25) is 0 Å². The van der Waals surface area contributed by atoms with Crippen LogP contribution in [0.4, 0.5) is 0 Å². The lowest BCUT2D eigenvalue weighted by Crippen LogP contribution is -2.62. The molecule has 4 aliphatic rings. The van der Waals surface area contributed by atoms with Crippen LogP contribution in [0.15, 0.2) is 0 Å². The smallest absolute Gasteiger partial charge is 0.141 e. The van der Waals surface area contributed by atoms with Gasteiger partial charge in [-0.15, -0.1) is 0 Å². The Kier molecular flexibility index (Phi) is 3.14. The van der Waals surface area contributed by atoms with E-state index in [9.17, 15) is 15.0 Å². The van der Waals surface area contributed by atoms with Gasteiger partial charge in [-0.1, -0.05) is 6.92 Å². The van der Waals surface area contributed by atoms with E-state index in [4.69, 9.17) is 0 Å². The number of fused-ring (bicyclic) bond motifs is 5. The Labute approximate surface area is 133 Å². The predicted molar refractivity (Wildman–Crippen MR) is 84.2 cm³/mol. The number of carbonyl (C=O) groups excluding carboxylic acids is 1. The van der Waals surface area contributed by atoms with E-state index in [2.05, 4.69) is 6.92 Å². The van der Waals surface area contributed by atoms with E-state index in [-0.39, 0.29) is 17.4 Å². The molecule has 3 nitrogen and oxygen atoms in total. The van der Waals surface area contributed by atoms with Crippen molar-refractivity contribution >= 4 is 5.78 Å². The maximum absolute atomic E-state index is 12.4. The van der Waals surface area contributed by atoms with Crippen LogP contribution in [-0.2, 0) is 4.79 Å². The highest BCUT2D eigenvalue weighted by Gasteiger charge is 2.67. The fraction of sp³-hybridized carbons (Fsp3) is 0.947. The quantitative estimate of drug-likeness (QED) is 0.723. The first-order valence-electron chi connectivity index (χ1n) is 9.25. The van der Waals surface area contributed by atoms with Gasteiger partial charge in [-0.3, -0.25) is 4.79 Å². The third kappa shape index (κ3) is 1.67. The van der Waals surface area contributed by atoms with Gasteiger partial charge in [0.1, 0.15) is 5.78 Å². The number of hydrogen-bond donors (Lipinski definition) is 2. The second kappa shape index (κ2) is 4.57. The largest absolute Gasteiger partial charge is 0.393 e. The standard InChI is InChI=1S/C19H30O3/c1-17-8-5-13(20)11-12(17)3-4-15-14(17)6-9-18(2)16(21)7-10-19(15,18)22/h12-15,20,22H,3-11H2,1-2H3/t12?,13-,14-,15+,17-,18+,19-/m0/s1. The summed E-state index contributed by atoms with van der Waals surface area (Å²) >= 11 is 0. The molecule has 0 saturated heterocycles. The molecule has 0 aromatic carbocycles. The number of hydrogen-bond acceptors (Lipinski definition) is 3. The van der Waals surface area contributed by atoms with Gasteiger partial charge in [-0.25, -0.2) is 0 Å². The molecule has 4 rings (SSSR count). The average molecular weight is 306 g/mol. The van der Waals surface area contributed by atoms with Crippen molar-refractivity contribution in [2.24, 2.45) is 28.6 Å². The molecule has 1 unspecified atom stereocenters. The summed E-state index contributed by atoms with van der Waals surface area (Å²) in [6.45, 7) is 4.43. The molecule has 0 spiro atoms. The van der Waals surface area contributed by atoms with Crippen LogP contribution >= 0.6 is 0 Å². The van der Waals surface area contributed by atoms with Crippen molar-refractivity contribution in [2.75, 3.05) is 0 Å². The molecule has 4 aliphatic carbocycles. The Morgan fingerprint density at radius 1 is 1.00 bits per heavy atom. The van der Waals surface area contributed by atoms with Gasteiger partial charge < -0.3 is 10.2 Å². The summed E-state index contributed by atoms with van der Waals surface area (Å²) in [5.41, 5.74) is -1.01. The molecule has 0 bridgehead atoms. The molecular formula is C19H30O3. The molecule has 0 aromatic heterocycles. The lowest BCUT2D eigenvalue weighted by molar-refractivity contribution is -0.202. The summed E-state index contributed by atoms with van der Waals surface area (Å²) < 4.78 is 0. The Morgan fingerprint density at radius 3 is 2.55 bits per heavy atom. The van der Waals surface area contributed by atoms with Gasteiger partial charge in [0, 0.05) is 6.42 Å². The van der Waals surface area contributed by atoms with Crippen LogP contribution in [0, 0.1) is 28.6 Å². The molecule has 0 aliphatic heterocycles. The topological polar surface area (TPSA) is 57.5 Å². The Bertz CT molecular complexity index is 503. The Hall–Kier alpha value is -0.410. The van der Waals surface area contributed by atoms with Gasteiger partial charge in [0.25, 0.3) is 0 Å². The fourth-order valence-electron chi connectivity index (χ4n) is 6.97. The zero-order valence-corrected chi connectivity index (χ0v) is 14.0. The summed E-state index contributed by atoms with van der Waals surface area (Å²) in [4.78, 5) is 12.4. The summed E-state index contributed by atoms with van der Waals surface area (Å²) in [5.74, 6) is 1.71. The van der Waals surface area contributed by atoms with Crippen molar-refractivity contribution < 1.29 is 15.0 Å². The summed E-state index contributed by atoms with van der Waals surface area (Å²) in [7, 11) is 0. The van der Waals surface area contributed by atoms with E-state index in [1.165, 1.54) is 0 Å². The van der Waals surface area contributed by atoms with Crippen LogP contribution in [-0.4, -0.2) is 27.7 Å². The number of aliphatic hydroxyl groups excluding tert-OH is 1. The minimum atomic E-state index is -0.767. The summed E-state index contributed by atoms with van der Waals surface area (Å²) in [6.07, 6.45) is 8.13. The van der Waals surface area contributed by atoms with Crippen LogP contribution in [0.3, 0.4) is 0 Å². The molecule has 7 atom stereocenters. The first kappa shape index (κ1) is 15.1. The SMILES string of the molecule is C[C@]12CC[C@H](O)CC1CC[C@@H]1[C@@H]2CC[C@]2(C)C(=O)CC[C@]12O. The van der Waals surface area contributed by atoms with Crippen molar-refractivity contribution in [1.29, 1.82) is 0 Å². The molecule has 0 radical (unpaired) electrons. The molecular weight excluding hydrogens is 276 g/mol. The Balaban J connectivity index is 1.69. The maximum atomic E-state index is 12.4. The zero-order valence-electron chi connectivity index (χ0n) is 14.0. The van der Waals surface area contributed by atoms with Crippen LogP contribution in [0.1, 0.15) is 71.6 Å². The maximum Gasteiger partial charge on any atom is 0.141 e. The molecule has 4 saturated carbocycles. The minimum Gasteiger partial charge on any atom is -0.393 e. The molecule has 2 N–H and O–H groups in total. The number of rotatable bonds is 0. The normalized spacial score (nSPS) is 57.9. The van der Waals surface area contributed by atoms with Crippen molar-refractivity contribution in [3.8, 4) is 0 Å². The molecule has 0 amide bonds. The zero-order chi connectivity index (χ0) is 15.8. The lowest BCUT2D eigenvalue weighted by atomic mass is 9.44. The Morgan fingerprint density at radius 2 is 1.77 bits per heavy atom. The summed E-state index contributed by atoms with van der Waals surface area (Å²) in [6, 6.07) is 0.